The number of hydrogen-bond acceptors (Lipinski definition) is 3. The number of aryl methyl sites for hydroxylation is 1. The van der Waals surface area contributed by atoms with Crippen LogP contribution >= 0.6 is 0 Å². The monoisotopic (exact) mass is 366 g/mol. The van der Waals surface area contributed by atoms with Crippen LogP contribution in [-0.4, -0.2) is 23.4 Å². The number of nitrogens with two attached hydrogens (primary N) is 1. The Kier molecular flexibility index (Phi) is 5.49. The molecule has 2 aromatic carbocycles. The number of nitrogens with zero attached hydrogens (tertiary/aromatic N) is 1. The quantitative estimate of drug-likeness (QED) is 0.838. The summed E-state index contributed by atoms with van der Waals surface area (Å²) in [5.74, 6) is -0.392. The predicted octanol–water partition coefficient (Wildman–Crippen LogP) is 4.06. The molecule has 2 amide bonds. The van der Waals surface area contributed by atoms with E-state index in [1.807, 2.05) is 68.4 Å². The predicted molar refractivity (Wildman–Crippen MR) is 104 cm³/mol. The number of rotatable bonds is 6. The Morgan fingerprint density at radius 3 is 2.44 bits per heavy atom. The van der Waals surface area contributed by atoms with Gasteiger partial charge in [-0.25, -0.2) is 4.79 Å². The number of benzene rings is 2. The van der Waals surface area contributed by atoms with Crippen LogP contribution in [0.1, 0.15) is 48.9 Å². The Bertz CT molecular complexity index is 804. The van der Waals surface area contributed by atoms with Crippen LogP contribution in [0.25, 0.3) is 0 Å². The molecule has 0 spiro atoms. The molecule has 2 aromatic rings. The van der Waals surface area contributed by atoms with Crippen molar-refractivity contribution in [2.45, 2.75) is 44.8 Å². The topological polar surface area (TPSA) is 72.6 Å². The summed E-state index contributed by atoms with van der Waals surface area (Å²) in [5.41, 5.74) is 7.70. The minimum atomic E-state index is -0.809. The van der Waals surface area contributed by atoms with Gasteiger partial charge in [-0.3, -0.25) is 4.79 Å². The van der Waals surface area contributed by atoms with E-state index in [2.05, 4.69) is 0 Å². The first-order valence-electron chi connectivity index (χ1n) is 9.31. The fraction of sp³-hybridized carbons (Fsp3) is 0.364. The average Bonchev–Trinajstić information content (AvgIpc) is 2.67. The zero-order valence-corrected chi connectivity index (χ0v) is 15.9. The second-order valence-electron chi connectivity index (χ2n) is 7.22. The smallest absolute Gasteiger partial charge is 0.411 e. The standard InChI is InChI=1S/C22H26N2O3/c1-16-8-10-18(11-9-16)17(2)24-15-14-22(27-21(24)26,13-12-20(23)25)19-6-4-3-5-7-19/h3-11,17H,12-15H2,1-2H3,(H2,23,25)/t17-,22+/m0/s1. The molecule has 5 heteroatoms. The second kappa shape index (κ2) is 7.82. The lowest BCUT2D eigenvalue weighted by atomic mass is 9.84. The van der Waals surface area contributed by atoms with Gasteiger partial charge in [-0.1, -0.05) is 60.2 Å². The fourth-order valence-corrected chi connectivity index (χ4v) is 3.64. The maximum Gasteiger partial charge on any atom is 0.411 e. The Hall–Kier alpha value is -2.82. The van der Waals surface area contributed by atoms with Crippen molar-refractivity contribution >= 4 is 12.0 Å². The molecule has 142 valence electrons. The second-order valence-corrected chi connectivity index (χ2v) is 7.22. The van der Waals surface area contributed by atoms with E-state index < -0.39 is 11.5 Å². The van der Waals surface area contributed by atoms with Gasteiger partial charge in [0.25, 0.3) is 0 Å². The van der Waals surface area contributed by atoms with E-state index in [0.29, 0.717) is 19.4 Å². The molecular weight excluding hydrogens is 340 g/mol. The van der Waals surface area contributed by atoms with E-state index in [0.717, 1.165) is 11.1 Å². The molecule has 1 aliphatic rings. The van der Waals surface area contributed by atoms with E-state index in [9.17, 15) is 9.59 Å². The number of cyclic esters (lactones) is 1. The van der Waals surface area contributed by atoms with Crippen molar-refractivity contribution < 1.29 is 14.3 Å². The van der Waals surface area contributed by atoms with Gasteiger partial charge in [0.2, 0.25) is 5.91 Å². The number of primary amides is 1. The average molecular weight is 366 g/mol. The first-order chi connectivity index (χ1) is 12.9. The zero-order chi connectivity index (χ0) is 19.4. The van der Waals surface area contributed by atoms with Gasteiger partial charge in [-0.2, -0.15) is 0 Å². The Morgan fingerprint density at radius 2 is 1.85 bits per heavy atom. The highest BCUT2D eigenvalue weighted by atomic mass is 16.6. The summed E-state index contributed by atoms with van der Waals surface area (Å²) in [6, 6.07) is 17.7. The third-order valence-corrected chi connectivity index (χ3v) is 5.38. The molecule has 0 unspecified atom stereocenters. The minimum Gasteiger partial charge on any atom is -0.438 e. The van der Waals surface area contributed by atoms with Crippen molar-refractivity contribution in [2.75, 3.05) is 6.54 Å². The van der Waals surface area contributed by atoms with Crippen LogP contribution in [0, 0.1) is 6.92 Å². The molecule has 3 rings (SSSR count). The van der Waals surface area contributed by atoms with Crippen molar-refractivity contribution in [1.82, 2.24) is 4.90 Å². The van der Waals surface area contributed by atoms with Crippen LogP contribution in [0.5, 0.6) is 0 Å². The van der Waals surface area contributed by atoms with Crippen LogP contribution in [0.15, 0.2) is 54.6 Å². The Morgan fingerprint density at radius 1 is 1.19 bits per heavy atom. The number of hydrogen-bond donors (Lipinski definition) is 1. The van der Waals surface area contributed by atoms with Crippen molar-refractivity contribution in [2.24, 2.45) is 5.73 Å². The van der Waals surface area contributed by atoms with E-state index in [1.54, 1.807) is 4.90 Å². The van der Waals surface area contributed by atoms with E-state index in [1.165, 1.54) is 5.56 Å². The number of amides is 2. The molecule has 0 radical (unpaired) electrons. The van der Waals surface area contributed by atoms with Crippen molar-refractivity contribution in [3.63, 3.8) is 0 Å². The van der Waals surface area contributed by atoms with E-state index >= 15 is 0 Å². The third kappa shape index (κ3) is 4.13. The molecule has 0 aromatic heterocycles. The van der Waals surface area contributed by atoms with Gasteiger partial charge in [-0.05, 0) is 25.0 Å². The third-order valence-electron chi connectivity index (χ3n) is 5.38. The summed E-state index contributed by atoms with van der Waals surface area (Å²) >= 11 is 0. The normalized spacial score (nSPS) is 20.8. The molecule has 27 heavy (non-hydrogen) atoms. The summed E-state index contributed by atoms with van der Waals surface area (Å²) in [6.07, 6.45) is 0.829. The van der Waals surface area contributed by atoms with Crippen LogP contribution in [-0.2, 0) is 15.1 Å². The van der Waals surface area contributed by atoms with Crippen molar-refractivity contribution in [1.29, 1.82) is 0 Å². The molecule has 5 nitrogen and oxygen atoms in total. The van der Waals surface area contributed by atoms with Crippen molar-refractivity contribution in [3.8, 4) is 0 Å². The van der Waals surface area contributed by atoms with Crippen LogP contribution < -0.4 is 5.73 Å². The van der Waals surface area contributed by atoms with Crippen LogP contribution in [0.3, 0.4) is 0 Å². The van der Waals surface area contributed by atoms with Gasteiger partial charge in [-0.15, -0.1) is 0 Å². The summed E-state index contributed by atoms with van der Waals surface area (Å²) in [7, 11) is 0. The summed E-state index contributed by atoms with van der Waals surface area (Å²) in [5, 5.41) is 0. The molecule has 0 aliphatic carbocycles. The lowest BCUT2D eigenvalue weighted by Crippen LogP contribution is -2.49. The molecular formula is C22H26N2O3. The number of carbonyl (C=O) groups is 2. The molecule has 1 aliphatic heterocycles. The fourth-order valence-electron chi connectivity index (χ4n) is 3.64. The first-order valence-corrected chi connectivity index (χ1v) is 9.31. The molecule has 2 N–H and O–H groups in total. The van der Waals surface area contributed by atoms with Crippen LogP contribution in [0.4, 0.5) is 4.79 Å². The van der Waals surface area contributed by atoms with E-state index in [-0.39, 0.29) is 18.6 Å². The SMILES string of the molecule is Cc1ccc([C@H](C)N2CC[C@](CCC(N)=O)(c3ccccc3)OC2=O)cc1. The number of ether oxygens (including phenoxy) is 1. The minimum absolute atomic E-state index is 0.0805. The van der Waals surface area contributed by atoms with E-state index in [4.69, 9.17) is 10.5 Å². The molecule has 2 atom stereocenters. The summed E-state index contributed by atoms with van der Waals surface area (Å²) in [6.45, 7) is 4.60. The van der Waals surface area contributed by atoms with Gasteiger partial charge in [0, 0.05) is 25.8 Å². The molecule has 1 fully saturated rings. The largest absolute Gasteiger partial charge is 0.438 e. The van der Waals surface area contributed by atoms with Gasteiger partial charge in [0.15, 0.2) is 0 Å². The van der Waals surface area contributed by atoms with Crippen LogP contribution in [0.2, 0.25) is 0 Å². The molecule has 1 saturated heterocycles. The first kappa shape index (κ1) is 19.0. The maximum absolute atomic E-state index is 12.9. The Balaban J connectivity index is 1.82. The lowest BCUT2D eigenvalue weighted by molar-refractivity contribution is -0.121. The highest BCUT2D eigenvalue weighted by Gasteiger charge is 2.43. The molecule has 0 bridgehead atoms. The lowest BCUT2D eigenvalue weighted by Gasteiger charge is -2.43. The Labute approximate surface area is 160 Å². The molecule has 1 heterocycles. The van der Waals surface area contributed by atoms with Gasteiger partial charge in [0.1, 0.15) is 5.60 Å². The highest BCUT2D eigenvalue weighted by Crippen LogP contribution is 2.40. The number of carbonyl (C=O) groups excluding carboxylic acids is 2. The summed E-state index contributed by atoms with van der Waals surface area (Å²) < 4.78 is 5.97. The van der Waals surface area contributed by atoms with Gasteiger partial charge >= 0.3 is 6.09 Å². The summed E-state index contributed by atoms with van der Waals surface area (Å²) in [4.78, 5) is 26.0. The van der Waals surface area contributed by atoms with Gasteiger partial charge < -0.3 is 15.4 Å². The van der Waals surface area contributed by atoms with Crippen molar-refractivity contribution in [3.05, 3.63) is 71.3 Å². The maximum atomic E-state index is 12.9. The van der Waals surface area contributed by atoms with Gasteiger partial charge in [0.05, 0.1) is 6.04 Å². The molecule has 0 saturated carbocycles. The highest BCUT2D eigenvalue weighted by molar-refractivity contribution is 5.74. The zero-order valence-electron chi connectivity index (χ0n) is 15.9.